The summed E-state index contributed by atoms with van der Waals surface area (Å²) in [6.07, 6.45) is -11.5. The SMILES string of the molecule is Cc1cc(O)c(C(=O)CCc2ccc3c(c2)CCO3)c(OC(C)C(O)C(O)C(F)C(C)CO)c1.Cc1cc(O)c(C(=O)CCc2ccc3occc3c2)c(OC2OC(CO)C(F)C(O)C2O)c1. The zero-order valence-corrected chi connectivity index (χ0v) is 37.5. The third kappa shape index (κ3) is 12.1. The number of aliphatic hydroxyl groups excluding tert-OH is 6. The normalized spacial score (nSPS) is 21.2. The second-order valence-electron chi connectivity index (χ2n) is 17.2. The number of hydrogen-bond donors (Lipinski definition) is 8. The number of aliphatic hydroxyl groups is 6. The summed E-state index contributed by atoms with van der Waals surface area (Å²) < 4.78 is 55.8. The van der Waals surface area contributed by atoms with Crippen LogP contribution in [0.15, 0.2) is 77.4 Å². The van der Waals surface area contributed by atoms with Gasteiger partial charge in [0.05, 0.1) is 19.5 Å². The molecule has 2 aliphatic rings. The quantitative estimate of drug-likeness (QED) is 0.0518. The lowest BCUT2D eigenvalue weighted by molar-refractivity contribution is -0.265. The van der Waals surface area contributed by atoms with Crippen LogP contribution in [0.1, 0.15) is 75.2 Å². The van der Waals surface area contributed by atoms with E-state index >= 15 is 0 Å². The number of phenols is 2. The molecule has 10 atom stereocenters. The number of furan rings is 1. The van der Waals surface area contributed by atoms with Crippen molar-refractivity contribution in [2.24, 2.45) is 5.92 Å². The molecule has 17 heteroatoms. The van der Waals surface area contributed by atoms with Crippen LogP contribution in [0.5, 0.6) is 28.7 Å². The van der Waals surface area contributed by atoms with Gasteiger partial charge in [-0.05, 0) is 110 Å². The molecule has 2 aliphatic heterocycles. The number of carbonyl (C=O) groups is 2. The Morgan fingerprint density at radius 1 is 0.806 bits per heavy atom. The summed E-state index contributed by atoms with van der Waals surface area (Å²) in [7, 11) is 0. The van der Waals surface area contributed by atoms with Crippen LogP contribution in [-0.4, -0.2) is 127 Å². The van der Waals surface area contributed by atoms with Gasteiger partial charge in [0.2, 0.25) is 6.29 Å². The molecule has 3 heterocycles. The maximum Gasteiger partial charge on any atom is 0.229 e. The second-order valence-corrected chi connectivity index (χ2v) is 17.2. The number of ketones is 2. The summed E-state index contributed by atoms with van der Waals surface area (Å²) in [5, 5.41) is 81.0. The Kier molecular flexibility index (Phi) is 17.0. The molecule has 0 spiro atoms. The lowest BCUT2D eigenvalue weighted by Gasteiger charge is -2.38. The molecule has 5 aromatic rings. The summed E-state index contributed by atoms with van der Waals surface area (Å²) >= 11 is 0. The van der Waals surface area contributed by atoms with E-state index in [2.05, 4.69) is 0 Å². The van der Waals surface area contributed by atoms with Gasteiger partial charge in [-0.25, -0.2) is 8.78 Å². The molecule has 0 aliphatic carbocycles. The van der Waals surface area contributed by atoms with Gasteiger partial charge in [-0.2, -0.15) is 0 Å². The highest BCUT2D eigenvalue weighted by molar-refractivity contribution is 6.02. The van der Waals surface area contributed by atoms with E-state index in [4.69, 9.17) is 28.5 Å². The molecule has 0 bridgehead atoms. The first-order valence-corrected chi connectivity index (χ1v) is 22.1. The van der Waals surface area contributed by atoms with Crippen LogP contribution < -0.4 is 14.2 Å². The zero-order valence-electron chi connectivity index (χ0n) is 37.5. The third-order valence-corrected chi connectivity index (χ3v) is 11.9. The summed E-state index contributed by atoms with van der Waals surface area (Å²) in [5.74, 6) is -1.35. The number of phenolic OH excluding ortho intramolecular Hbond substituents is 2. The van der Waals surface area contributed by atoms with Crippen molar-refractivity contribution < 1.29 is 82.6 Å². The number of Topliss-reactive ketones (excluding diaryl/α,β-unsaturated/α-hetero) is 2. The number of alkyl halides is 2. The Balaban J connectivity index is 0.000000221. The fraction of sp³-hybridized carbons (Fsp3) is 0.440. The molecule has 1 fully saturated rings. The van der Waals surface area contributed by atoms with Crippen LogP contribution in [0, 0.1) is 19.8 Å². The lowest BCUT2D eigenvalue weighted by atomic mass is 9.96. The van der Waals surface area contributed by atoms with E-state index in [1.54, 1.807) is 26.2 Å². The van der Waals surface area contributed by atoms with E-state index in [-0.39, 0.29) is 52.7 Å². The van der Waals surface area contributed by atoms with E-state index < -0.39 is 80.2 Å². The first kappa shape index (κ1) is 50.7. The van der Waals surface area contributed by atoms with Crippen LogP contribution >= 0.6 is 0 Å². The highest BCUT2D eigenvalue weighted by Crippen LogP contribution is 2.36. The number of aromatic hydroxyl groups is 2. The standard InChI is InChI=1S/C26H33FO7.C24H25FO8/c1-14-10-20(30)23(19(29)6-4-17-5-7-21-18(12-17)8-9-33-21)22(11-14)34-16(3)25(31)26(32)24(27)15(2)13-28;1-12-8-16(28)20(15(27)4-2-13-3-5-17-14(10-13)6-7-31-17)18(9-12)32-24-23(30)22(29)21(25)19(11-26)33-24/h5,7,10-12,15-16,24-26,28,30-32H,4,6,8-9,13H2,1-3H3;3,5-10,19,21-24,26,28-30H,2,4,11H2,1H3. The van der Waals surface area contributed by atoms with Crippen molar-refractivity contribution in [3.63, 3.8) is 0 Å². The van der Waals surface area contributed by atoms with Gasteiger partial charge >= 0.3 is 0 Å². The number of hydrogen-bond acceptors (Lipinski definition) is 15. The number of halogens is 2. The molecule has 0 amide bonds. The minimum atomic E-state index is -2.01. The second kappa shape index (κ2) is 22.4. The smallest absolute Gasteiger partial charge is 0.229 e. The molecular formula is C50H58F2O15. The van der Waals surface area contributed by atoms with E-state index in [0.717, 1.165) is 39.8 Å². The van der Waals surface area contributed by atoms with Crippen molar-refractivity contribution in [3.05, 3.63) is 112 Å². The summed E-state index contributed by atoms with van der Waals surface area (Å²) in [6.45, 7) is 5.65. The van der Waals surface area contributed by atoms with Gasteiger partial charge in [-0.1, -0.05) is 25.1 Å². The first-order chi connectivity index (χ1) is 31.9. The van der Waals surface area contributed by atoms with Gasteiger partial charge in [-0.15, -0.1) is 0 Å². The maximum absolute atomic E-state index is 14.3. The minimum absolute atomic E-state index is 0.0239. The van der Waals surface area contributed by atoms with Crippen molar-refractivity contribution >= 4 is 22.5 Å². The van der Waals surface area contributed by atoms with Crippen molar-refractivity contribution in [2.75, 3.05) is 19.8 Å². The minimum Gasteiger partial charge on any atom is -0.507 e. The Bertz CT molecular complexity index is 2490. The van der Waals surface area contributed by atoms with Gasteiger partial charge in [0, 0.05) is 37.2 Å². The Hall–Kier alpha value is -5.66. The Morgan fingerprint density at radius 2 is 1.42 bits per heavy atom. The molecule has 7 rings (SSSR count). The molecule has 362 valence electrons. The highest BCUT2D eigenvalue weighted by atomic mass is 19.1. The van der Waals surface area contributed by atoms with Gasteiger partial charge in [0.25, 0.3) is 0 Å². The molecule has 0 saturated carbocycles. The summed E-state index contributed by atoms with van der Waals surface area (Å²) in [5.41, 5.74) is 4.78. The van der Waals surface area contributed by atoms with Crippen LogP contribution in [0.2, 0.25) is 0 Å². The molecule has 1 aromatic heterocycles. The average Bonchev–Trinajstić information content (AvgIpc) is 3.98. The monoisotopic (exact) mass is 936 g/mol. The van der Waals surface area contributed by atoms with Crippen LogP contribution in [0.3, 0.4) is 0 Å². The Morgan fingerprint density at radius 3 is 2.06 bits per heavy atom. The van der Waals surface area contributed by atoms with Gasteiger partial charge in [0.15, 0.2) is 17.7 Å². The van der Waals surface area contributed by atoms with Gasteiger partial charge in [0.1, 0.15) is 88.3 Å². The molecule has 67 heavy (non-hydrogen) atoms. The molecule has 8 N–H and O–H groups in total. The van der Waals surface area contributed by atoms with Crippen molar-refractivity contribution in [1.82, 2.24) is 0 Å². The van der Waals surface area contributed by atoms with E-state index in [0.29, 0.717) is 30.6 Å². The summed E-state index contributed by atoms with van der Waals surface area (Å²) in [6, 6.07) is 19.1. The topological polar surface area (TPSA) is 246 Å². The van der Waals surface area contributed by atoms with E-state index in [9.17, 15) is 54.1 Å². The first-order valence-electron chi connectivity index (χ1n) is 22.1. The van der Waals surface area contributed by atoms with Gasteiger partial charge < -0.3 is 64.2 Å². The number of rotatable bonds is 18. The number of benzene rings is 4. The van der Waals surface area contributed by atoms with Crippen molar-refractivity contribution in [3.8, 4) is 28.7 Å². The predicted octanol–water partition coefficient (Wildman–Crippen LogP) is 5.32. The lowest BCUT2D eigenvalue weighted by Crippen LogP contribution is -2.58. The van der Waals surface area contributed by atoms with Crippen molar-refractivity contribution in [2.45, 2.75) is 115 Å². The summed E-state index contributed by atoms with van der Waals surface area (Å²) in [4.78, 5) is 26.1. The van der Waals surface area contributed by atoms with Crippen molar-refractivity contribution in [1.29, 1.82) is 0 Å². The largest absolute Gasteiger partial charge is 0.507 e. The molecule has 15 nitrogen and oxygen atoms in total. The fourth-order valence-corrected chi connectivity index (χ4v) is 7.99. The third-order valence-electron chi connectivity index (χ3n) is 11.9. The molecule has 1 saturated heterocycles. The maximum atomic E-state index is 14.3. The Labute approximate surface area is 385 Å². The molecular weight excluding hydrogens is 879 g/mol. The fourth-order valence-electron chi connectivity index (χ4n) is 7.99. The molecule has 4 aromatic carbocycles. The van der Waals surface area contributed by atoms with Gasteiger partial charge in [-0.3, -0.25) is 9.59 Å². The predicted molar refractivity (Wildman–Crippen MR) is 239 cm³/mol. The number of fused-ring (bicyclic) bond motifs is 2. The highest BCUT2D eigenvalue weighted by Gasteiger charge is 2.46. The molecule has 10 unspecified atom stereocenters. The van der Waals surface area contributed by atoms with Crippen LogP contribution in [0.25, 0.3) is 11.0 Å². The molecule has 0 radical (unpaired) electrons. The average molecular weight is 937 g/mol. The van der Waals surface area contributed by atoms with Crippen LogP contribution in [0.4, 0.5) is 8.78 Å². The zero-order chi connectivity index (χ0) is 48.7. The van der Waals surface area contributed by atoms with Crippen LogP contribution in [-0.2, 0) is 24.0 Å². The van der Waals surface area contributed by atoms with E-state index in [1.807, 2.05) is 42.5 Å². The van der Waals surface area contributed by atoms with E-state index in [1.165, 1.54) is 32.0 Å². The number of aryl methyl sites for hydroxylation is 4. The number of carbonyl (C=O) groups excluding carboxylic acids is 2. The number of ether oxygens (including phenoxy) is 4.